The molecule has 282 valence electrons. The molecule has 2 aromatic heterocycles. The van der Waals surface area contributed by atoms with Gasteiger partial charge in [0.1, 0.15) is 11.5 Å². The monoisotopic (exact) mass is 768 g/mol. The second-order valence-corrected chi connectivity index (χ2v) is 15.0. The van der Waals surface area contributed by atoms with E-state index in [1.54, 1.807) is 0 Å². The predicted molar refractivity (Wildman–Crippen MR) is 241 cm³/mol. The molecule has 0 amide bonds. The number of benzene rings is 8. The molecule has 0 spiro atoms. The quantitative estimate of drug-likeness (QED) is 0.162. The van der Waals surface area contributed by atoms with Crippen LogP contribution in [0.3, 0.4) is 0 Å². The van der Waals surface area contributed by atoms with Gasteiger partial charge in [0.05, 0.1) is 10.9 Å². The molecule has 0 saturated heterocycles. The van der Waals surface area contributed by atoms with E-state index in [1.165, 1.54) is 0 Å². The number of hydrogen-bond acceptors (Lipinski definition) is 5. The lowest BCUT2D eigenvalue weighted by Gasteiger charge is -2.41. The molecule has 60 heavy (non-hydrogen) atoms. The van der Waals surface area contributed by atoms with Crippen molar-refractivity contribution >= 4 is 10.9 Å². The van der Waals surface area contributed by atoms with E-state index in [4.69, 9.17) is 24.7 Å². The third-order valence-electron chi connectivity index (χ3n) is 11.5. The molecule has 0 atom stereocenters. The summed E-state index contributed by atoms with van der Waals surface area (Å²) in [6.07, 6.45) is 1.88. The van der Waals surface area contributed by atoms with Crippen LogP contribution in [-0.4, -0.2) is 19.9 Å². The van der Waals surface area contributed by atoms with Crippen LogP contribution in [0.2, 0.25) is 0 Å². The zero-order valence-electron chi connectivity index (χ0n) is 32.5. The minimum Gasteiger partial charge on any atom is -0.457 e. The van der Waals surface area contributed by atoms with Crippen LogP contribution in [0.15, 0.2) is 219 Å². The Hall–Kier alpha value is -8.02. The van der Waals surface area contributed by atoms with Crippen LogP contribution in [0.25, 0.3) is 67.3 Å². The average Bonchev–Trinajstić information content (AvgIpc) is 3.33. The highest BCUT2D eigenvalue weighted by Gasteiger charge is 2.45. The lowest BCUT2D eigenvalue weighted by molar-refractivity contribution is 0.434. The molecule has 1 aliphatic heterocycles. The second-order valence-electron chi connectivity index (χ2n) is 15.0. The molecule has 0 unspecified atom stereocenters. The van der Waals surface area contributed by atoms with Crippen LogP contribution in [0.4, 0.5) is 0 Å². The summed E-state index contributed by atoms with van der Waals surface area (Å²) in [5, 5.41) is 1.11. The van der Waals surface area contributed by atoms with Crippen LogP contribution in [0.5, 0.6) is 11.5 Å². The van der Waals surface area contributed by atoms with Gasteiger partial charge in [0.15, 0.2) is 17.5 Å². The van der Waals surface area contributed by atoms with Crippen molar-refractivity contribution in [2.45, 2.75) is 5.41 Å². The van der Waals surface area contributed by atoms with E-state index in [0.29, 0.717) is 17.5 Å². The van der Waals surface area contributed by atoms with Gasteiger partial charge in [0.2, 0.25) is 0 Å². The Morgan fingerprint density at radius 1 is 0.350 bits per heavy atom. The highest BCUT2D eigenvalue weighted by Crippen LogP contribution is 2.56. The second kappa shape index (κ2) is 14.7. The van der Waals surface area contributed by atoms with Gasteiger partial charge in [-0.25, -0.2) is 15.0 Å². The van der Waals surface area contributed by atoms with Gasteiger partial charge in [-0.3, -0.25) is 4.98 Å². The van der Waals surface area contributed by atoms with Gasteiger partial charge in [-0.05, 0) is 58.1 Å². The van der Waals surface area contributed by atoms with Crippen molar-refractivity contribution in [1.82, 2.24) is 19.9 Å². The largest absolute Gasteiger partial charge is 0.457 e. The molecule has 0 aliphatic carbocycles. The normalized spacial score (nSPS) is 12.6. The highest BCUT2D eigenvalue weighted by atomic mass is 16.5. The standard InChI is InChI=1S/C55H36N4O/c1-4-17-37(18-5-1)44-32-33-45(51-46(44)27-16-34-56-51)40-23-14-25-42(35-40)55(47-28-10-12-30-49(47)60-50-31-13-11-29-48(50)55)43-26-15-24-41(36-43)54-58-52(38-19-6-2-7-20-38)57-53(59-54)39-21-8-3-9-22-39/h1-36H. The van der Waals surface area contributed by atoms with Crippen molar-refractivity contribution in [3.05, 3.63) is 241 Å². The Bertz CT molecular complexity index is 3080. The van der Waals surface area contributed by atoms with Crippen molar-refractivity contribution < 1.29 is 4.74 Å². The maximum atomic E-state index is 6.70. The zero-order valence-corrected chi connectivity index (χ0v) is 32.5. The van der Waals surface area contributed by atoms with E-state index in [-0.39, 0.29) is 0 Å². The van der Waals surface area contributed by atoms with Gasteiger partial charge in [-0.15, -0.1) is 0 Å². The molecular formula is C55H36N4O. The Kier molecular flexibility index (Phi) is 8.63. The SMILES string of the molecule is c1ccc(-c2nc(-c3ccccc3)nc(-c3cccc(C4(c5cccc(-c6ccc(-c7ccccc7)c7cccnc67)c5)c5ccccc5Oc5ccccc54)c3)n2)cc1. The number of hydrogen-bond donors (Lipinski definition) is 0. The fourth-order valence-electron chi connectivity index (χ4n) is 8.81. The minimum absolute atomic E-state index is 0.595. The number of fused-ring (bicyclic) bond motifs is 3. The highest BCUT2D eigenvalue weighted by molar-refractivity contribution is 6.02. The van der Waals surface area contributed by atoms with Crippen molar-refractivity contribution in [2.75, 3.05) is 0 Å². The van der Waals surface area contributed by atoms with Gasteiger partial charge < -0.3 is 4.74 Å². The number of ether oxygens (including phenoxy) is 1. The molecule has 1 aliphatic rings. The first kappa shape index (κ1) is 35.2. The maximum absolute atomic E-state index is 6.70. The van der Waals surface area contributed by atoms with Crippen LogP contribution in [-0.2, 0) is 5.41 Å². The van der Waals surface area contributed by atoms with Crippen molar-refractivity contribution in [3.8, 4) is 67.9 Å². The zero-order chi connectivity index (χ0) is 39.9. The first-order chi connectivity index (χ1) is 29.7. The summed E-state index contributed by atoms with van der Waals surface area (Å²) in [5.74, 6) is 3.45. The van der Waals surface area contributed by atoms with Gasteiger partial charge in [0.25, 0.3) is 0 Å². The lowest BCUT2D eigenvalue weighted by Crippen LogP contribution is -2.34. The van der Waals surface area contributed by atoms with E-state index >= 15 is 0 Å². The molecule has 0 bridgehead atoms. The lowest BCUT2D eigenvalue weighted by atomic mass is 9.63. The Morgan fingerprint density at radius 2 is 0.817 bits per heavy atom. The predicted octanol–water partition coefficient (Wildman–Crippen LogP) is 13.2. The molecule has 5 nitrogen and oxygen atoms in total. The molecule has 5 heteroatoms. The molecule has 11 rings (SSSR count). The number of para-hydroxylation sites is 2. The summed E-state index contributed by atoms with van der Waals surface area (Å²) in [7, 11) is 0. The Morgan fingerprint density at radius 3 is 1.42 bits per heavy atom. The van der Waals surface area contributed by atoms with Crippen LogP contribution < -0.4 is 4.74 Å². The molecule has 0 N–H and O–H groups in total. The Labute approximate surface area is 348 Å². The van der Waals surface area contributed by atoms with Gasteiger partial charge in [0, 0.05) is 45.0 Å². The van der Waals surface area contributed by atoms with Crippen LogP contribution in [0, 0.1) is 0 Å². The third kappa shape index (κ3) is 5.95. The van der Waals surface area contributed by atoms with E-state index in [9.17, 15) is 0 Å². The van der Waals surface area contributed by atoms with Crippen molar-refractivity contribution in [2.24, 2.45) is 0 Å². The van der Waals surface area contributed by atoms with Gasteiger partial charge in [-0.1, -0.05) is 182 Å². The van der Waals surface area contributed by atoms with E-state index < -0.39 is 5.41 Å². The van der Waals surface area contributed by atoms with E-state index in [2.05, 4.69) is 133 Å². The number of pyridine rings is 1. The number of nitrogens with zero attached hydrogens (tertiary/aromatic N) is 4. The Balaban J connectivity index is 1.15. The molecule has 0 radical (unpaired) electrons. The maximum Gasteiger partial charge on any atom is 0.164 e. The van der Waals surface area contributed by atoms with Crippen LogP contribution in [0.1, 0.15) is 22.3 Å². The minimum atomic E-state index is -0.789. The molecular weight excluding hydrogens is 733 g/mol. The van der Waals surface area contributed by atoms with Crippen molar-refractivity contribution in [1.29, 1.82) is 0 Å². The first-order valence-corrected chi connectivity index (χ1v) is 20.1. The molecule has 3 heterocycles. The summed E-state index contributed by atoms with van der Waals surface area (Å²) < 4.78 is 6.70. The molecule has 0 fully saturated rings. The number of rotatable bonds is 7. The third-order valence-corrected chi connectivity index (χ3v) is 11.5. The average molecular weight is 769 g/mol. The van der Waals surface area contributed by atoms with Gasteiger partial charge >= 0.3 is 0 Å². The summed E-state index contributed by atoms with van der Waals surface area (Å²) in [5.41, 5.74) is 11.6. The van der Waals surface area contributed by atoms with Crippen molar-refractivity contribution in [3.63, 3.8) is 0 Å². The fraction of sp³-hybridized carbons (Fsp3) is 0.0182. The number of aromatic nitrogens is 4. The molecule has 0 saturated carbocycles. The topological polar surface area (TPSA) is 60.8 Å². The smallest absolute Gasteiger partial charge is 0.164 e. The fourth-order valence-corrected chi connectivity index (χ4v) is 8.81. The molecule has 10 aromatic rings. The molecule has 8 aromatic carbocycles. The van der Waals surface area contributed by atoms with E-state index in [0.717, 1.165) is 83.6 Å². The summed E-state index contributed by atoms with van der Waals surface area (Å²) in [4.78, 5) is 20.2. The van der Waals surface area contributed by atoms with Crippen LogP contribution >= 0.6 is 0 Å². The first-order valence-electron chi connectivity index (χ1n) is 20.1. The summed E-state index contributed by atoms with van der Waals surface area (Å²) in [6, 6.07) is 73.8. The van der Waals surface area contributed by atoms with E-state index in [1.807, 2.05) is 85.1 Å². The van der Waals surface area contributed by atoms with Gasteiger partial charge in [-0.2, -0.15) is 0 Å². The summed E-state index contributed by atoms with van der Waals surface area (Å²) in [6.45, 7) is 0. The summed E-state index contributed by atoms with van der Waals surface area (Å²) >= 11 is 0.